The van der Waals surface area contributed by atoms with Gasteiger partial charge in [-0.3, -0.25) is 0 Å². The zero-order chi connectivity index (χ0) is 13.0. The first-order valence-electron chi connectivity index (χ1n) is 6.18. The fourth-order valence-corrected chi connectivity index (χ4v) is 2.24. The average molecular weight is 258 g/mol. The van der Waals surface area contributed by atoms with Gasteiger partial charge in [-0.15, -0.1) is 0 Å². The Morgan fingerprint density at radius 3 is 2.72 bits per heavy atom. The molecule has 0 radical (unpaired) electrons. The molecule has 1 unspecified atom stereocenters. The molecule has 0 bridgehead atoms. The van der Waals surface area contributed by atoms with Crippen LogP contribution >= 0.6 is 0 Å². The van der Waals surface area contributed by atoms with E-state index in [1.807, 2.05) is 0 Å². The van der Waals surface area contributed by atoms with Gasteiger partial charge in [-0.1, -0.05) is 12.1 Å². The molecule has 1 heterocycles. The third kappa shape index (κ3) is 3.38. The predicted octanol–water partition coefficient (Wildman–Crippen LogP) is 3.12. The first kappa shape index (κ1) is 13.2. The van der Waals surface area contributed by atoms with Crippen LogP contribution in [-0.2, 0) is 6.18 Å². The van der Waals surface area contributed by atoms with Gasteiger partial charge in [-0.05, 0) is 44.0 Å². The summed E-state index contributed by atoms with van der Waals surface area (Å²) in [6.07, 6.45) is -2.14. The Morgan fingerprint density at radius 2 is 2.06 bits per heavy atom. The van der Waals surface area contributed by atoms with Crippen molar-refractivity contribution in [3.8, 4) is 0 Å². The SMILES string of the molecule is FC(F)(F)c1ccccc1NCC1CCCNC1. The zero-order valence-corrected chi connectivity index (χ0v) is 10.1. The number of para-hydroxylation sites is 1. The van der Waals surface area contributed by atoms with E-state index in [4.69, 9.17) is 0 Å². The van der Waals surface area contributed by atoms with E-state index in [1.54, 1.807) is 6.07 Å². The van der Waals surface area contributed by atoms with Crippen molar-refractivity contribution in [3.05, 3.63) is 29.8 Å². The monoisotopic (exact) mass is 258 g/mol. The molecule has 1 atom stereocenters. The molecule has 1 aliphatic heterocycles. The molecule has 0 amide bonds. The maximum absolute atomic E-state index is 12.8. The average Bonchev–Trinajstić information content (AvgIpc) is 2.37. The number of nitrogens with one attached hydrogen (secondary N) is 2. The van der Waals surface area contributed by atoms with Crippen molar-refractivity contribution in [2.45, 2.75) is 19.0 Å². The molecule has 2 rings (SSSR count). The highest BCUT2D eigenvalue weighted by Crippen LogP contribution is 2.34. The van der Waals surface area contributed by atoms with Crippen molar-refractivity contribution in [1.29, 1.82) is 0 Å². The fourth-order valence-electron chi connectivity index (χ4n) is 2.24. The van der Waals surface area contributed by atoms with E-state index in [1.165, 1.54) is 12.1 Å². The molecular formula is C13H17F3N2. The highest BCUT2D eigenvalue weighted by molar-refractivity contribution is 5.52. The Hall–Kier alpha value is -1.23. The van der Waals surface area contributed by atoms with Crippen molar-refractivity contribution < 1.29 is 13.2 Å². The summed E-state index contributed by atoms with van der Waals surface area (Å²) in [6, 6.07) is 5.63. The lowest BCUT2D eigenvalue weighted by Crippen LogP contribution is -2.33. The summed E-state index contributed by atoms with van der Waals surface area (Å²) in [7, 11) is 0. The number of benzene rings is 1. The van der Waals surface area contributed by atoms with E-state index in [2.05, 4.69) is 10.6 Å². The van der Waals surface area contributed by atoms with E-state index in [-0.39, 0.29) is 5.69 Å². The van der Waals surface area contributed by atoms with Crippen LogP contribution < -0.4 is 10.6 Å². The van der Waals surface area contributed by atoms with Crippen LogP contribution in [0.5, 0.6) is 0 Å². The van der Waals surface area contributed by atoms with Crippen LogP contribution in [0.25, 0.3) is 0 Å². The van der Waals surface area contributed by atoms with Crippen molar-refractivity contribution in [2.24, 2.45) is 5.92 Å². The molecule has 2 N–H and O–H groups in total. The van der Waals surface area contributed by atoms with Crippen molar-refractivity contribution in [2.75, 3.05) is 25.0 Å². The molecule has 18 heavy (non-hydrogen) atoms. The lowest BCUT2D eigenvalue weighted by molar-refractivity contribution is -0.136. The third-order valence-electron chi connectivity index (χ3n) is 3.21. The first-order chi connectivity index (χ1) is 8.57. The Labute approximate surface area is 105 Å². The van der Waals surface area contributed by atoms with E-state index < -0.39 is 11.7 Å². The normalized spacial score (nSPS) is 20.7. The van der Waals surface area contributed by atoms with E-state index >= 15 is 0 Å². The second-order valence-corrected chi connectivity index (χ2v) is 4.64. The lowest BCUT2D eigenvalue weighted by Gasteiger charge is -2.24. The van der Waals surface area contributed by atoms with Gasteiger partial charge in [0.15, 0.2) is 0 Å². The number of rotatable bonds is 3. The quantitative estimate of drug-likeness (QED) is 0.870. The minimum Gasteiger partial charge on any atom is -0.384 e. The molecule has 2 nitrogen and oxygen atoms in total. The molecule has 0 spiro atoms. The summed E-state index contributed by atoms with van der Waals surface area (Å²) >= 11 is 0. The molecule has 1 fully saturated rings. The maximum Gasteiger partial charge on any atom is 0.418 e. The van der Waals surface area contributed by atoms with Gasteiger partial charge in [0.05, 0.1) is 5.56 Å². The molecule has 0 saturated carbocycles. The van der Waals surface area contributed by atoms with Crippen LogP contribution in [0.15, 0.2) is 24.3 Å². The van der Waals surface area contributed by atoms with Crippen molar-refractivity contribution in [1.82, 2.24) is 5.32 Å². The minimum absolute atomic E-state index is 0.176. The Kier molecular flexibility index (Phi) is 4.11. The molecule has 0 aromatic heterocycles. The molecule has 1 aromatic carbocycles. The third-order valence-corrected chi connectivity index (χ3v) is 3.21. The fraction of sp³-hybridized carbons (Fsp3) is 0.538. The van der Waals surface area contributed by atoms with E-state index in [0.717, 1.165) is 32.0 Å². The van der Waals surface area contributed by atoms with Crippen LogP contribution in [0.2, 0.25) is 0 Å². The molecule has 5 heteroatoms. The molecule has 100 valence electrons. The Balaban J connectivity index is 2.00. The standard InChI is InChI=1S/C13H17F3N2/c14-13(15,16)11-5-1-2-6-12(11)18-9-10-4-3-7-17-8-10/h1-2,5-6,10,17-18H,3-4,7-9H2. The van der Waals surface area contributed by atoms with Gasteiger partial charge in [0.1, 0.15) is 0 Å². The van der Waals surface area contributed by atoms with Crippen LogP contribution in [0, 0.1) is 5.92 Å². The van der Waals surface area contributed by atoms with Crippen molar-refractivity contribution >= 4 is 5.69 Å². The van der Waals surface area contributed by atoms with Gasteiger partial charge in [0, 0.05) is 12.2 Å². The number of hydrogen-bond donors (Lipinski definition) is 2. The number of piperidine rings is 1. The number of alkyl halides is 3. The predicted molar refractivity (Wildman–Crippen MR) is 65.5 cm³/mol. The molecular weight excluding hydrogens is 241 g/mol. The molecule has 0 aliphatic carbocycles. The topological polar surface area (TPSA) is 24.1 Å². The summed E-state index contributed by atoms with van der Waals surface area (Å²) in [5.74, 6) is 0.403. The van der Waals surface area contributed by atoms with E-state index in [9.17, 15) is 13.2 Å². The van der Waals surface area contributed by atoms with Gasteiger partial charge < -0.3 is 10.6 Å². The Morgan fingerprint density at radius 1 is 1.28 bits per heavy atom. The smallest absolute Gasteiger partial charge is 0.384 e. The summed E-state index contributed by atoms with van der Waals surface area (Å²) in [4.78, 5) is 0. The van der Waals surface area contributed by atoms with Crippen LogP contribution in [0.4, 0.5) is 18.9 Å². The second-order valence-electron chi connectivity index (χ2n) is 4.64. The van der Waals surface area contributed by atoms with Gasteiger partial charge in [-0.25, -0.2) is 0 Å². The highest BCUT2D eigenvalue weighted by atomic mass is 19.4. The summed E-state index contributed by atoms with van der Waals surface area (Å²) < 4.78 is 38.3. The number of hydrogen-bond acceptors (Lipinski definition) is 2. The maximum atomic E-state index is 12.8. The summed E-state index contributed by atoms with van der Waals surface area (Å²) in [5, 5.41) is 6.18. The Bertz CT molecular complexity index is 384. The lowest BCUT2D eigenvalue weighted by atomic mass is 9.99. The zero-order valence-electron chi connectivity index (χ0n) is 10.1. The van der Waals surface area contributed by atoms with Gasteiger partial charge in [-0.2, -0.15) is 13.2 Å². The minimum atomic E-state index is -4.30. The molecule has 1 aliphatic rings. The van der Waals surface area contributed by atoms with Gasteiger partial charge >= 0.3 is 6.18 Å². The number of anilines is 1. The number of halogens is 3. The molecule has 1 saturated heterocycles. The van der Waals surface area contributed by atoms with Gasteiger partial charge in [0.2, 0.25) is 0 Å². The van der Waals surface area contributed by atoms with Crippen LogP contribution in [-0.4, -0.2) is 19.6 Å². The largest absolute Gasteiger partial charge is 0.418 e. The second kappa shape index (κ2) is 5.61. The van der Waals surface area contributed by atoms with Crippen LogP contribution in [0.3, 0.4) is 0 Å². The van der Waals surface area contributed by atoms with Crippen molar-refractivity contribution in [3.63, 3.8) is 0 Å². The van der Waals surface area contributed by atoms with E-state index in [0.29, 0.717) is 12.5 Å². The van der Waals surface area contributed by atoms with Gasteiger partial charge in [0.25, 0.3) is 0 Å². The highest BCUT2D eigenvalue weighted by Gasteiger charge is 2.33. The summed E-state index contributed by atoms with van der Waals surface area (Å²) in [6.45, 7) is 2.47. The van der Waals surface area contributed by atoms with Crippen LogP contribution in [0.1, 0.15) is 18.4 Å². The molecule has 1 aromatic rings. The summed E-state index contributed by atoms with van der Waals surface area (Å²) in [5.41, 5.74) is -0.413. The first-order valence-corrected chi connectivity index (χ1v) is 6.18.